The molecule has 2 aromatic carbocycles. The smallest absolute Gasteiger partial charge is 0.419 e. The number of hydrogen-bond donors (Lipinski definition) is 1. The Bertz CT molecular complexity index is 1300. The SMILES string of the molecule is NC(=O)N1CCC[C@H]1/C1=N/C(c2ccc(OC/C=C/c3ccc(C(F)(F)F)cc3)c(C(F)(F)F)c2)=C/CCCO1. The van der Waals surface area contributed by atoms with Crippen LogP contribution in [0, 0.1) is 0 Å². The summed E-state index contributed by atoms with van der Waals surface area (Å²) in [5.41, 5.74) is 4.59. The number of rotatable bonds is 6. The highest BCUT2D eigenvalue weighted by Gasteiger charge is 2.36. The number of nitrogens with zero attached hydrogens (tertiary/aromatic N) is 2. The lowest BCUT2D eigenvalue weighted by Gasteiger charge is -2.25. The predicted molar refractivity (Wildman–Crippen MR) is 137 cm³/mol. The number of primary amides is 1. The van der Waals surface area contributed by atoms with E-state index in [0.717, 1.165) is 18.2 Å². The van der Waals surface area contributed by atoms with E-state index >= 15 is 0 Å². The molecule has 6 nitrogen and oxygen atoms in total. The zero-order chi connectivity index (χ0) is 28.9. The van der Waals surface area contributed by atoms with Crippen LogP contribution >= 0.6 is 0 Å². The minimum atomic E-state index is -4.73. The predicted octanol–water partition coefficient (Wildman–Crippen LogP) is 6.91. The molecule has 0 radical (unpaired) electrons. The molecule has 0 saturated carbocycles. The Morgan fingerprint density at radius 3 is 2.50 bits per heavy atom. The van der Waals surface area contributed by atoms with Crippen molar-refractivity contribution in [2.24, 2.45) is 10.7 Å². The van der Waals surface area contributed by atoms with Crippen LogP contribution in [0.4, 0.5) is 31.1 Å². The van der Waals surface area contributed by atoms with Gasteiger partial charge in [0.15, 0.2) is 0 Å². The second-order valence-electron chi connectivity index (χ2n) is 9.26. The maximum Gasteiger partial charge on any atom is 0.419 e. The summed E-state index contributed by atoms with van der Waals surface area (Å²) in [6.45, 7) is 0.554. The number of likely N-dealkylation sites (tertiary alicyclic amines) is 1. The number of amides is 2. The molecule has 4 rings (SSSR count). The summed E-state index contributed by atoms with van der Waals surface area (Å²) in [6.07, 6.45) is -2.17. The third-order valence-corrected chi connectivity index (χ3v) is 6.45. The van der Waals surface area contributed by atoms with Crippen molar-refractivity contribution in [3.8, 4) is 5.75 Å². The van der Waals surface area contributed by atoms with Crippen LogP contribution in [-0.2, 0) is 17.1 Å². The van der Waals surface area contributed by atoms with E-state index in [1.54, 1.807) is 6.08 Å². The Balaban J connectivity index is 1.54. The number of carbonyl (C=O) groups excluding carboxylic acids is 1. The fourth-order valence-corrected chi connectivity index (χ4v) is 4.48. The van der Waals surface area contributed by atoms with Crippen LogP contribution in [0.5, 0.6) is 5.75 Å². The normalized spacial score (nSPS) is 21.1. The Labute approximate surface area is 226 Å². The van der Waals surface area contributed by atoms with Crippen LogP contribution < -0.4 is 10.5 Å². The Hall–Kier alpha value is -3.96. The van der Waals surface area contributed by atoms with Gasteiger partial charge in [0.25, 0.3) is 0 Å². The summed E-state index contributed by atoms with van der Waals surface area (Å²) in [5.74, 6) is -0.166. The molecule has 0 spiro atoms. The number of nitrogens with two attached hydrogens (primary N) is 1. The van der Waals surface area contributed by atoms with Gasteiger partial charge < -0.3 is 20.1 Å². The molecular formula is C28H27F6N3O3. The van der Waals surface area contributed by atoms with Crippen LogP contribution in [0.2, 0.25) is 0 Å². The summed E-state index contributed by atoms with van der Waals surface area (Å²) in [5, 5.41) is 0. The fraction of sp³-hybridized carbons (Fsp3) is 0.357. The molecule has 1 fully saturated rings. The molecule has 2 heterocycles. The lowest BCUT2D eigenvalue weighted by Crippen LogP contribution is -2.44. The molecule has 2 aliphatic rings. The van der Waals surface area contributed by atoms with Crippen molar-refractivity contribution >= 4 is 23.7 Å². The Morgan fingerprint density at radius 1 is 1.07 bits per heavy atom. The van der Waals surface area contributed by atoms with E-state index in [1.165, 1.54) is 41.3 Å². The van der Waals surface area contributed by atoms with Gasteiger partial charge in [0.1, 0.15) is 18.4 Å². The zero-order valence-corrected chi connectivity index (χ0v) is 21.3. The quantitative estimate of drug-likeness (QED) is 0.386. The van der Waals surface area contributed by atoms with Crippen LogP contribution in [-0.4, -0.2) is 42.6 Å². The molecule has 12 heteroatoms. The molecule has 0 aliphatic carbocycles. The highest BCUT2D eigenvalue weighted by Crippen LogP contribution is 2.38. The number of halogens is 6. The van der Waals surface area contributed by atoms with Gasteiger partial charge in [0.05, 0.1) is 23.4 Å². The van der Waals surface area contributed by atoms with E-state index < -0.39 is 41.3 Å². The number of benzene rings is 2. The Morgan fingerprint density at radius 2 is 1.82 bits per heavy atom. The maximum absolute atomic E-state index is 14.0. The number of ether oxygens (including phenoxy) is 2. The van der Waals surface area contributed by atoms with Crippen molar-refractivity contribution in [3.05, 3.63) is 76.9 Å². The lowest BCUT2D eigenvalue weighted by molar-refractivity contribution is -0.139. The number of aliphatic imine (C=N–C) groups is 1. The number of alkyl halides is 6. The summed E-state index contributed by atoms with van der Waals surface area (Å²) in [6, 6.07) is 6.85. The largest absolute Gasteiger partial charge is 0.489 e. The summed E-state index contributed by atoms with van der Waals surface area (Å²) in [4.78, 5) is 17.8. The third-order valence-electron chi connectivity index (χ3n) is 6.45. The molecule has 2 amide bonds. The van der Waals surface area contributed by atoms with Crippen molar-refractivity contribution in [2.45, 2.75) is 44.1 Å². The minimum Gasteiger partial charge on any atom is -0.489 e. The van der Waals surface area contributed by atoms with Gasteiger partial charge >= 0.3 is 18.4 Å². The van der Waals surface area contributed by atoms with Crippen molar-refractivity contribution in [2.75, 3.05) is 19.8 Å². The maximum atomic E-state index is 14.0. The molecule has 40 heavy (non-hydrogen) atoms. The first kappa shape index (κ1) is 29.0. The number of carbonyl (C=O) groups is 1. The fourth-order valence-electron chi connectivity index (χ4n) is 4.48. The van der Waals surface area contributed by atoms with Gasteiger partial charge in [0.2, 0.25) is 5.90 Å². The second-order valence-corrected chi connectivity index (χ2v) is 9.26. The van der Waals surface area contributed by atoms with E-state index in [9.17, 15) is 31.1 Å². The van der Waals surface area contributed by atoms with Crippen LogP contribution in [0.25, 0.3) is 11.8 Å². The van der Waals surface area contributed by atoms with Gasteiger partial charge in [0, 0.05) is 12.1 Å². The Kier molecular flexibility index (Phi) is 8.75. The molecule has 214 valence electrons. The number of urea groups is 1. The van der Waals surface area contributed by atoms with Gasteiger partial charge in [-0.3, -0.25) is 0 Å². The van der Waals surface area contributed by atoms with Crippen molar-refractivity contribution in [1.29, 1.82) is 0 Å². The van der Waals surface area contributed by atoms with Crippen molar-refractivity contribution in [3.63, 3.8) is 0 Å². The minimum absolute atomic E-state index is 0.201. The van der Waals surface area contributed by atoms with Gasteiger partial charge in [-0.05, 0) is 67.7 Å². The van der Waals surface area contributed by atoms with E-state index in [1.807, 2.05) is 0 Å². The van der Waals surface area contributed by atoms with E-state index in [2.05, 4.69) is 4.99 Å². The van der Waals surface area contributed by atoms with E-state index in [4.69, 9.17) is 15.2 Å². The first-order chi connectivity index (χ1) is 18.9. The van der Waals surface area contributed by atoms with E-state index in [-0.39, 0.29) is 23.8 Å². The average Bonchev–Trinajstić information content (AvgIpc) is 3.36. The van der Waals surface area contributed by atoms with Gasteiger partial charge in [-0.25, -0.2) is 9.79 Å². The molecule has 1 atom stereocenters. The summed E-state index contributed by atoms with van der Waals surface area (Å²) >= 11 is 0. The zero-order valence-electron chi connectivity index (χ0n) is 21.3. The molecule has 0 bridgehead atoms. The second kappa shape index (κ2) is 12.1. The summed E-state index contributed by atoms with van der Waals surface area (Å²) < 4.78 is 91.2. The highest BCUT2D eigenvalue weighted by molar-refractivity contribution is 5.91. The van der Waals surface area contributed by atoms with E-state index in [0.29, 0.717) is 44.4 Å². The van der Waals surface area contributed by atoms with Gasteiger partial charge in [-0.15, -0.1) is 0 Å². The lowest BCUT2D eigenvalue weighted by atomic mass is 10.0. The molecule has 0 aromatic heterocycles. The van der Waals surface area contributed by atoms with Crippen molar-refractivity contribution in [1.82, 2.24) is 4.90 Å². The molecule has 2 aliphatic heterocycles. The molecular weight excluding hydrogens is 540 g/mol. The van der Waals surface area contributed by atoms with Gasteiger partial charge in [-0.2, -0.15) is 26.3 Å². The molecule has 2 aromatic rings. The standard InChI is InChI=1S/C28H27F6N3O3/c29-27(30,31)20-11-8-18(9-12-20)5-4-16-39-24-13-10-19(17-21(24)28(32,33)34)22-6-1-2-15-40-25(36-22)23-7-3-14-37(23)26(35)38/h4-6,8-13,17,23H,1-3,7,14-16H2,(H2,35,38)/b5-4+,22-6+,36-25-/t23-/m0/s1. The molecule has 2 N–H and O–H groups in total. The average molecular weight is 568 g/mol. The van der Waals surface area contributed by atoms with Crippen molar-refractivity contribution < 1.29 is 40.6 Å². The first-order valence-corrected chi connectivity index (χ1v) is 12.6. The van der Waals surface area contributed by atoms with Gasteiger partial charge in [-0.1, -0.05) is 24.3 Å². The number of hydrogen-bond acceptors (Lipinski definition) is 4. The third kappa shape index (κ3) is 7.16. The molecule has 1 saturated heterocycles. The highest BCUT2D eigenvalue weighted by atomic mass is 19.4. The summed E-state index contributed by atoms with van der Waals surface area (Å²) in [7, 11) is 0. The first-order valence-electron chi connectivity index (χ1n) is 12.6. The molecule has 0 unspecified atom stereocenters. The van der Waals surface area contributed by atoms with Crippen LogP contribution in [0.1, 0.15) is 47.9 Å². The number of allylic oxidation sites excluding steroid dienone is 1. The topological polar surface area (TPSA) is 77.2 Å². The van der Waals surface area contributed by atoms with Crippen LogP contribution in [0.15, 0.2) is 59.6 Å². The monoisotopic (exact) mass is 567 g/mol. The van der Waals surface area contributed by atoms with Crippen LogP contribution in [0.3, 0.4) is 0 Å².